The Balaban J connectivity index is 2.04. The molecule has 6 heteroatoms. The van der Waals surface area contributed by atoms with Gasteiger partial charge in [-0.3, -0.25) is 4.79 Å². The smallest absolute Gasteiger partial charge is 0.371 e. The summed E-state index contributed by atoms with van der Waals surface area (Å²) in [5.74, 6) is -2.01. The van der Waals surface area contributed by atoms with Crippen LogP contribution in [0.25, 0.3) is 0 Å². The summed E-state index contributed by atoms with van der Waals surface area (Å²) >= 11 is 0. The summed E-state index contributed by atoms with van der Waals surface area (Å²) in [5, 5.41) is 11.2. The first-order valence-electron chi connectivity index (χ1n) is 5.83. The van der Waals surface area contributed by atoms with Gasteiger partial charge in [-0.05, 0) is 36.8 Å². The Morgan fingerprint density at radius 1 is 1.30 bits per heavy atom. The molecule has 0 fully saturated rings. The van der Waals surface area contributed by atoms with Crippen LogP contribution < -0.4 is 5.32 Å². The zero-order valence-corrected chi connectivity index (χ0v) is 10.6. The molecular formula is C14H12FNO4. The molecule has 1 heterocycles. The van der Waals surface area contributed by atoms with E-state index < -0.39 is 17.7 Å². The summed E-state index contributed by atoms with van der Waals surface area (Å²) in [4.78, 5) is 22.5. The highest BCUT2D eigenvalue weighted by molar-refractivity contribution is 5.95. The first-order chi connectivity index (χ1) is 9.47. The van der Waals surface area contributed by atoms with Gasteiger partial charge >= 0.3 is 5.97 Å². The second-order valence-electron chi connectivity index (χ2n) is 4.21. The molecule has 2 aromatic rings. The van der Waals surface area contributed by atoms with Gasteiger partial charge < -0.3 is 14.8 Å². The number of aromatic carboxylic acids is 1. The normalized spacial score (nSPS) is 10.3. The molecule has 1 amide bonds. The third kappa shape index (κ3) is 3.03. The zero-order chi connectivity index (χ0) is 14.7. The number of hydrogen-bond donors (Lipinski definition) is 2. The molecule has 0 saturated carbocycles. The highest BCUT2D eigenvalue weighted by Gasteiger charge is 2.12. The standard InChI is InChI=1S/C14H12FNO4/c1-8-2-3-9(15)6-11(8)13(17)16-7-10-4-5-12(20-10)14(18)19/h2-6H,7H2,1H3,(H,16,17)(H,18,19). The maximum atomic E-state index is 13.1. The summed E-state index contributed by atoms with van der Waals surface area (Å²) in [6.07, 6.45) is 0. The summed E-state index contributed by atoms with van der Waals surface area (Å²) in [5.41, 5.74) is 0.879. The molecule has 0 spiro atoms. The fraction of sp³-hybridized carbons (Fsp3) is 0.143. The number of carboxylic acid groups (broad SMARTS) is 1. The lowest BCUT2D eigenvalue weighted by Crippen LogP contribution is -2.23. The molecule has 2 rings (SSSR count). The first kappa shape index (κ1) is 13.8. The number of carboxylic acids is 1. The van der Waals surface area contributed by atoms with Gasteiger partial charge in [0, 0.05) is 5.56 Å². The molecule has 104 valence electrons. The SMILES string of the molecule is Cc1ccc(F)cc1C(=O)NCc1ccc(C(=O)O)o1. The Kier molecular flexibility index (Phi) is 3.84. The average molecular weight is 277 g/mol. The Labute approximate surface area is 114 Å². The van der Waals surface area contributed by atoms with Crippen LogP contribution in [0.5, 0.6) is 0 Å². The van der Waals surface area contributed by atoms with Crippen LogP contribution in [0, 0.1) is 12.7 Å². The van der Waals surface area contributed by atoms with Crippen LogP contribution in [0.3, 0.4) is 0 Å². The van der Waals surface area contributed by atoms with E-state index in [0.717, 1.165) is 6.07 Å². The molecule has 20 heavy (non-hydrogen) atoms. The van der Waals surface area contributed by atoms with E-state index in [2.05, 4.69) is 5.32 Å². The minimum absolute atomic E-state index is 0.0298. The number of amides is 1. The lowest BCUT2D eigenvalue weighted by atomic mass is 10.1. The Morgan fingerprint density at radius 2 is 2.05 bits per heavy atom. The predicted molar refractivity (Wildman–Crippen MR) is 68.0 cm³/mol. The predicted octanol–water partition coefficient (Wildman–Crippen LogP) is 2.36. The van der Waals surface area contributed by atoms with Crippen molar-refractivity contribution >= 4 is 11.9 Å². The number of furan rings is 1. The molecule has 1 aromatic heterocycles. The van der Waals surface area contributed by atoms with Gasteiger partial charge in [0.25, 0.3) is 5.91 Å². The second kappa shape index (κ2) is 5.56. The van der Waals surface area contributed by atoms with Crippen LogP contribution in [-0.4, -0.2) is 17.0 Å². The van der Waals surface area contributed by atoms with Crippen LogP contribution in [0.2, 0.25) is 0 Å². The molecule has 0 aliphatic rings. The van der Waals surface area contributed by atoms with Crippen molar-refractivity contribution in [2.75, 3.05) is 0 Å². The molecule has 0 aliphatic carbocycles. The van der Waals surface area contributed by atoms with E-state index in [1.165, 1.54) is 24.3 Å². The molecule has 5 nitrogen and oxygen atoms in total. The highest BCUT2D eigenvalue weighted by atomic mass is 19.1. The number of carbonyl (C=O) groups excluding carboxylic acids is 1. The average Bonchev–Trinajstić information content (AvgIpc) is 2.88. The Hall–Kier alpha value is -2.63. The van der Waals surface area contributed by atoms with Crippen LogP contribution in [0.15, 0.2) is 34.7 Å². The molecule has 0 unspecified atom stereocenters. The van der Waals surface area contributed by atoms with Crippen molar-refractivity contribution in [2.24, 2.45) is 0 Å². The number of nitrogens with one attached hydrogen (secondary N) is 1. The van der Waals surface area contributed by atoms with Crippen molar-refractivity contribution in [3.8, 4) is 0 Å². The van der Waals surface area contributed by atoms with E-state index in [4.69, 9.17) is 9.52 Å². The number of rotatable bonds is 4. The van der Waals surface area contributed by atoms with E-state index >= 15 is 0 Å². The minimum atomic E-state index is -1.18. The Morgan fingerprint density at radius 3 is 2.70 bits per heavy atom. The van der Waals surface area contributed by atoms with Crippen molar-refractivity contribution in [1.29, 1.82) is 0 Å². The van der Waals surface area contributed by atoms with E-state index in [1.54, 1.807) is 6.92 Å². The van der Waals surface area contributed by atoms with Crippen LogP contribution in [0.4, 0.5) is 4.39 Å². The molecular weight excluding hydrogens is 265 g/mol. The van der Waals surface area contributed by atoms with E-state index in [1.807, 2.05) is 0 Å². The monoisotopic (exact) mass is 277 g/mol. The highest BCUT2D eigenvalue weighted by Crippen LogP contribution is 2.11. The molecule has 0 aliphatic heterocycles. The topological polar surface area (TPSA) is 79.5 Å². The molecule has 2 N–H and O–H groups in total. The van der Waals surface area contributed by atoms with Crippen molar-refractivity contribution < 1.29 is 23.5 Å². The summed E-state index contributed by atoms with van der Waals surface area (Å²) in [6.45, 7) is 1.73. The van der Waals surface area contributed by atoms with Crippen molar-refractivity contribution in [1.82, 2.24) is 5.32 Å². The van der Waals surface area contributed by atoms with E-state index in [0.29, 0.717) is 11.3 Å². The number of halogens is 1. The van der Waals surface area contributed by atoms with Gasteiger partial charge in [-0.15, -0.1) is 0 Å². The molecule has 0 atom stereocenters. The van der Waals surface area contributed by atoms with Crippen LogP contribution >= 0.6 is 0 Å². The van der Waals surface area contributed by atoms with E-state index in [9.17, 15) is 14.0 Å². The maximum Gasteiger partial charge on any atom is 0.371 e. The first-order valence-corrected chi connectivity index (χ1v) is 5.83. The second-order valence-corrected chi connectivity index (χ2v) is 4.21. The molecule has 1 aromatic carbocycles. The molecule has 0 radical (unpaired) electrons. The fourth-order valence-corrected chi connectivity index (χ4v) is 1.69. The number of carbonyl (C=O) groups is 2. The summed E-state index contributed by atoms with van der Waals surface area (Å²) in [6, 6.07) is 6.70. The van der Waals surface area contributed by atoms with E-state index in [-0.39, 0.29) is 17.9 Å². The van der Waals surface area contributed by atoms with Gasteiger partial charge in [-0.1, -0.05) is 6.07 Å². The lowest BCUT2D eigenvalue weighted by molar-refractivity contribution is 0.0660. The van der Waals surface area contributed by atoms with Crippen molar-refractivity contribution in [3.63, 3.8) is 0 Å². The van der Waals surface area contributed by atoms with Gasteiger partial charge in [0.05, 0.1) is 6.54 Å². The minimum Gasteiger partial charge on any atom is -0.475 e. The Bertz CT molecular complexity index is 663. The lowest BCUT2D eigenvalue weighted by Gasteiger charge is -2.06. The maximum absolute atomic E-state index is 13.1. The molecule has 0 saturated heterocycles. The zero-order valence-electron chi connectivity index (χ0n) is 10.6. The summed E-state index contributed by atoms with van der Waals surface area (Å²) < 4.78 is 18.1. The van der Waals surface area contributed by atoms with Gasteiger partial charge in [0.15, 0.2) is 0 Å². The fourth-order valence-electron chi connectivity index (χ4n) is 1.69. The van der Waals surface area contributed by atoms with Gasteiger partial charge in [0.2, 0.25) is 5.76 Å². The third-order valence-electron chi connectivity index (χ3n) is 2.74. The number of aryl methyl sites for hydroxylation is 1. The molecule has 0 bridgehead atoms. The largest absolute Gasteiger partial charge is 0.475 e. The quantitative estimate of drug-likeness (QED) is 0.899. The number of hydrogen-bond acceptors (Lipinski definition) is 3. The third-order valence-corrected chi connectivity index (χ3v) is 2.74. The van der Waals surface area contributed by atoms with Crippen molar-refractivity contribution in [2.45, 2.75) is 13.5 Å². The van der Waals surface area contributed by atoms with Crippen LogP contribution in [0.1, 0.15) is 32.2 Å². The van der Waals surface area contributed by atoms with Crippen LogP contribution in [-0.2, 0) is 6.54 Å². The van der Waals surface area contributed by atoms with Gasteiger partial charge in [-0.2, -0.15) is 0 Å². The van der Waals surface area contributed by atoms with Crippen molar-refractivity contribution in [3.05, 3.63) is 58.8 Å². The van der Waals surface area contributed by atoms with Gasteiger partial charge in [0.1, 0.15) is 11.6 Å². The summed E-state index contributed by atoms with van der Waals surface area (Å²) in [7, 11) is 0. The number of benzene rings is 1. The van der Waals surface area contributed by atoms with Gasteiger partial charge in [-0.25, -0.2) is 9.18 Å².